The van der Waals surface area contributed by atoms with Crippen molar-refractivity contribution in [3.05, 3.63) is 119 Å². The van der Waals surface area contributed by atoms with Gasteiger partial charge in [0, 0.05) is 26.2 Å². The summed E-state index contributed by atoms with van der Waals surface area (Å²) in [7, 11) is -4.34. The van der Waals surface area contributed by atoms with Crippen molar-refractivity contribution in [1.82, 2.24) is 26.2 Å². The summed E-state index contributed by atoms with van der Waals surface area (Å²) >= 11 is 0. The molecule has 2 atom stereocenters. The molecule has 9 N–H and O–H groups in total. The van der Waals surface area contributed by atoms with Gasteiger partial charge in [0.05, 0.1) is 24.9 Å². The maximum atomic E-state index is 14.4. The predicted octanol–water partition coefficient (Wildman–Crippen LogP) is 3.16. The Morgan fingerprint density at radius 1 is 0.738 bits per heavy atom. The smallest absolute Gasteiger partial charge is 0.329 e. The third kappa shape index (κ3) is 14.0. The SMILES string of the molecule is NC(=O)C[C@H](NC(=O)C1(NC(=O)[C@@H](CC(=O)O)Cc2ccc(CP(=O)(O)O)cc2)CCN(C(=O)NCCc2ccccc2)CC1)C(=O)NCCCc1cccc2ccccc12. The van der Waals surface area contributed by atoms with Crippen LogP contribution < -0.4 is 27.0 Å². The Morgan fingerprint density at radius 2 is 1.39 bits per heavy atom. The number of carbonyl (C=O) groups is 6. The van der Waals surface area contributed by atoms with E-state index in [4.69, 9.17) is 5.73 Å². The Morgan fingerprint density at radius 3 is 2.07 bits per heavy atom. The average molecular weight is 857 g/mol. The number of nitrogens with one attached hydrogen (secondary N) is 4. The number of nitrogens with two attached hydrogens (primary N) is 1. The first kappa shape index (κ1) is 46.0. The Bertz CT molecular complexity index is 2220. The lowest BCUT2D eigenvalue weighted by atomic mass is 9.84. The van der Waals surface area contributed by atoms with Gasteiger partial charge >= 0.3 is 19.6 Å². The monoisotopic (exact) mass is 856 g/mol. The highest BCUT2D eigenvalue weighted by atomic mass is 31.2. The molecule has 324 valence electrons. The fourth-order valence-corrected chi connectivity index (χ4v) is 8.20. The minimum absolute atomic E-state index is 0.0103. The lowest BCUT2D eigenvalue weighted by Crippen LogP contribution is -2.67. The molecular formula is C44H53N6O10P. The largest absolute Gasteiger partial charge is 0.481 e. The molecule has 4 aromatic carbocycles. The van der Waals surface area contributed by atoms with Gasteiger partial charge in [-0.1, -0.05) is 97.1 Å². The number of hydrogen-bond acceptors (Lipinski definition) is 7. The van der Waals surface area contributed by atoms with Crippen LogP contribution >= 0.6 is 7.60 Å². The summed E-state index contributed by atoms with van der Waals surface area (Å²) in [5.74, 6) is -5.57. The quantitative estimate of drug-likeness (QED) is 0.0476. The summed E-state index contributed by atoms with van der Waals surface area (Å²) in [6.07, 6.45) is -0.165. The van der Waals surface area contributed by atoms with Gasteiger partial charge in [-0.25, -0.2) is 4.79 Å². The zero-order chi connectivity index (χ0) is 44.0. The van der Waals surface area contributed by atoms with E-state index in [0.717, 1.165) is 21.9 Å². The molecule has 6 amide bonds. The third-order valence-corrected chi connectivity index (χ3v) is 11.5. The van der Waals surface area contributed by atoms with Crippen LogP contribution in [0.1, 0.15) is 54.4 Å². The number of primary amides is 1. The molecule has 1 heterocycles. The molecule has 16 nitrogen and oxygen atoms in total. The van der Waals surface area contributed by atoms with Crippen LogP contribution in [0.15, 0.2) is 97.1 Å². The maximum Gasteiger partial charge on any atom is 0.329 e. The summed E-state index contributed by atoms with van der Waals surface area (Å²) in [5, 5.41) is 23.0. The number of carbonyl (C=O) groups excluding carboxylic acids is 5. The predicted molar refractivity (Wildman–Crippen MR) is 228 cm³/mol. The normalized spacial score (nSPS) is 14.6. The summed E-state index contributed by atoms with van der Waals surface area (Å²) in [5.41, 5.74) is 6.79. The maximum absolute atomic E-state index is 14.4. The second kappa shape index (κ2) is 21.4. The van der Waals surface area contributed by atoms with E-state index in [1.807, 2.05) is 72.8 Å². The van der Waals surface area contributed by atoms with Crippen LogP contribution in [0.4, 0.5) is 4.79 Å². The standard InChI is InChI=1S/C44H53N6O10P/c45-38(51)28-37(41(55)46-22-7-13-34-12-6-11-33-10-4-5-14-36(33)34)48-42(56)44(20-24-50(25-21-44)43(57)47-23-19-30-8-2-1-3-9-30)49-40(54)35(27-39(52)53)26-31-15-17-32(18-16-31)29-61(58,59)60/h1-6,8-12,14-18,35,37H,7,13,19-29H2,(H2,45,51)(H,46,55)(H,47,57)(H,48,56)(H,49,54)(H,52,53)(H2,58,59,60)/t35-,37+/m1/s1. The van der Waals surface area contributed by atoms with E-state index < -0.39 is 73.7 Å². The van der Waals surface area contributed by atoms with Gasteiger partial charge in [0.2, 0.25) is 23.6 Å². The number of rotatable bonds is 20. The summed E-state index contributed by atoms with van der Waals surface area (Å²) < 4.78 is 11.5. The lowest BCUT2D eigenvalue weighted by Gasteiger charge is -2.42. The van der Waals surface area contributed by atoms with Gasteiger partial charge in [0.25, 0.3) is 0 Å². The van der Waals surface area contributed by atoms with Crippen molar-refractivity contribution >= 4 is 54.0 Å². The number of likely N-dealkylation sites (tertiary alicyclic amines) is 1. The lowest BCUT2D eigenvalue weighted by molar-refractivity contribution is -0.143. The molecular weight excluding hydrogens is 803 g/mol. The Balaban J connectivity index is 1.30. The van der Waals surface area contributed by atoms with Gasteiger partial charge in [-0.05, 0) is 71.6 Å². The molecule has 0 saturated carbocycles. The van der Waals surface area contributed by atoms with Crippen molar-refractivity contribution < 1.29 is 48.2 Å². The van der Waals surface area contributed by atoms with Gasteiger partial charge in [0.15, 0.2) is 0 Å². The van der Waals surface area contributed by atoms with E-state index in [2.05, 4.69) is 21.3 Å². The van der Waals surface area contributed by atoms with Crippen molar-refractivity contribution in [2.75, 3.05) is 26.2 Å². The van der Waals surface area contributed by atoms with Crippen LogP contribution in [-0.4, -0.2) is 93.2 Å². The van der Waals surface area contributed by atoms with E-state index in [1.54, 1.807) is 12.1 Å². The van der Waals surface area contributed by atoms with Crippen molar-refractivity contribution in [3.8, 4) is 0 Å². The second-order valence-corrected chi connectivity index (χ2v) is 17.0. The number of piperidine rings is 1. The van der Waals surface area contributed by atoms with Gasteiger partial charge in [-0.15, -0.1) is 0 Å². The van der Waals surface area contributed by atoms with E-state index >= 15 is 0 Å². The highest BCUT2D eigenvalue weighted by molar-refractivity contribution is 7.50. The zero-order valence-corrected chi connectivity index (χ0v) is 34.7. The molecule has 0 spiro atoms. The number of carboxylic acid groups (broad SMARTS) is 1. The molecule has 1 saturated heterocycles. The van der Waals surface area contributed by atoms with Crippen LogP contribution in [0.2, 0.25) is 0 Å². The molecule has 5 rings (SSSR count). The van der Waals surface area contributed by atoms with Crippen molar-refractivity contribution in [1.29, 1.82) is 0 Å². The molecule has 0 radical (unpaired) electrons. The summed E-state index contributed by atoms with van der Waals surface area (Å²) in [6, 6.07) is 27.8. The number of benzene rings is 4. The molecule has 61 heavy (non-hydrogen) atoms. The van der Waals surface area contributed by atoms with E-state index in [9.17, 15) is 48.2 Å². The minimum Gasteiger partial charge on any atom is -0.481 e. The molecule has 1 fully saturated rings. The van der Waals surface area contributed by atoms with Crippen LogP contribution in [0.25, 0.3) is 10.8 Å². The number of amides is 6. The number of aryl methyl sites for hydroxylation is 1. The van der Waals surface area contributed by atoms with Crippen molar-refractivity contribution in [2.45, 2.75) is 69.1 Å². The van der Waals surface area contributed by atoms with Gasteiger partial charge in [-0.3, -0.25) is 28.5 Å². The van der Waals surface area contributed by atoms with Gasteiger partial charge in [-0.2, -0.15) is 0 Å². The number of urea groups is 1. The highest BCUT2D eigenvalue weighted by Gasteiger charge is 2.46. The minimum atomic E-state index is -4.34. The van der Waals surface area contributed by atoms with Crippen LogP contribution in [-0.2, 0) is 54.0 Å². The van der Waals surface area contributed by atoms with Gasteiger partial charge < -0.3 is 46.8 Å². The highest BCUT2D eigenvalue weighted by Crippen LogP contribution is 2.39. The average Bonchev–Trinajstić information content (AvgIpc) is 3.22. The first-order valence-electron chi connectivity index (χ1n) is 20.2. The molecule has 0 aromatic heterocycles. The fraction of sp³-hybridized carbons (Fsp3) is 0.364. The van der Waals surface area contributed by atoms with Crippen LogP contribution in [0.3, 0.4) is 0 Å². The van der Waals surface area contributed by atoms with Crippen LogP contribution in [0.5, 0.6) is 0 Å². The number of hydrogen-bond donors (Lipinski definition) is 8. The Kier molecular flexibility index (Phi) is 16.2. The number of carboxylic acids is 1. The second-order valence-electron chi connectivity index (χ2n) is 15.4. The zero-order valence-electron chi connectivity index (χ0n) is 33.8. The molecule has 1 aliphatic rings. The Labute approximate surface area is 353 Å². The van der Waals surface area contributed by atoms with Crippen molar-refractivity contribution in [3.63, 3.8) is 0 Å². The van der Waals surface area contributed by atoms with E-state index in [0.29, 0.717) is 36.9 Å². The molecule has 17 heteroatoms. The first-order valence-corrected chi connectivity index (χ1v) is 22.0. The van der Waals surface area contributed by atoms with Crippen molar-refractivity contribution in [2.24, 2.45) is 11.7 Å². The number of nitrogens with zero attached hydrogens (tertiary/aromatic N) is 1. The van der Waals surface area contributed by atoms with E-state index in [1.165, 1.54) is 17.0 Å². The number of fused-ring (bicyclic) bond motifs is 1. The molecule has 4 aromatic rings. The first-order chi connectivity index (χ1) is 29.1. The topological polar surface area (TPSA) is 258 Å². The fourth-order valence-electron chi connectivity index (χ4n) is 7.51. The van der Waals surface area contributed by atoms with Gasteiger partial charge in [0.1, 0.15) is 11.6 Å². The number of aliphatic carboxylic acids is 1. The van der Waals surface area contributed by atoms with Crippen LogP contribution in [0, 0.1) is 5.92 Å². The third-order valence-electron chi connectivity index (χ3n) is 10.7. The van der Waals surface area contributed by atoms with E-state index in [-0.39, 0.29) is 44.9 Å². The molecule has 0 bridgehead atoms. The summed E-state index contributed by atoms with van der Waals surface area (Å²) in [6.45, 7) is 0.595. The molecule has 0 unspecified atom stereocenters. The molecule has 1 aliphatic heterocycles. The molecule has 0 aliphatic carbocycles. The summed E-state index contributed by atoms with van der Waals surface area (Å²) in [4.78, 5) is 99.6. The Hall–Kier alpha value is -6.09.